The number of benzene rings is 1. The van der Waals surface area contributed by atoms with E-state index in [1.54, 1.807) is 6.92 Å². The molecule has 4 aliphatic rings. The Bertz CT molecular complexity index is 3650. The topological polar surface area (TPSA) is 244 Å². The maximum Gasteiger partial charge on any atom is 0.156 e. The summed E-state index contributed by atoms with van der Waals surface area (Å²) in [7, 11) is 0. The second-order valence-corrected chi connectivity index (χ2v) is 14.3. The lowest BCUT2D eigenvalue weighted by Crippen LogP contribution is -2.44. The van der Waals surface area contributed by atoms with Crippen molar-refractivity contribution in [3.63, 3.8) is 0 Å². The Morgan fingerprint density at radius 3 is 1.89 bits per heavy atom. The molecule has 3 aromatic rings. The van der Waals surface area contributed by atoms with Crippen LogP contribution in [0.5, 0.6) is 0 Å². The molecule has 1 fully saturated rings. The second kappa shape index (κ2) is 29.3. The van der Waals surface area contributed by atoms with E-state index in [1.807, 2.05) is 30.6 Å². The lowest BCUT2D eigenvalue weighted by molar-refractivity contribution is 0.187. The van der Waals surface area contributed by atoms with Gasteiger partial charge in [0.05, 0.1) is 41.4 Å². The van der Waals surface area contributed by atoms with Crippen LogP contribution >= 0.6 is 0 Å². The summed E-state index contributed by atoms with van der Waals surface area (Å²) in [6, 6.07) is 12.4. The molecule has 0 radical (unpaired) electrons. The minimum absolute atomic E-state index is 0. The molecule has 17 nitrogen and oxygen atoms in total. The molecule has 1 aromatic carbocycles. The maximum atomic E-state index is 9.56. The molecule has 0 amide bonds. The van der Waals surface area contributed by atoms with E-state index in [0.717, 1.165) is 103 Å². The number of nitriles is 1. The summed E-state index contributed by atoms with van der Waals surface area (Å²) >= 11 is 0. The molecule has 1 saturated heterocycles. The number of fused-ring (bicyclic) bond motifs is 3. The van der Waals surface area contributed by atoms with Gasteiger partial charge in [0.1, 0.15) is 11.5 Å². The summed E-state index contributed by atoms with van der Waals surface area (Å²) in [6.07, 6.45) is 13.6. The van der Waals surface area contributed by atoms with Crippen LogP contribution in [0.2, 0.25) is 0 Å². The van der Waals surface area contributed by atoms with Gasteiger partial charge in [-0.1, -0.05) is 23.3 Å². The third-order valence-electron chi connectivity index (χ3n) is 10.4. The van der Waals surface area contributed by atoms with E-state index in [0.29, 0.717) is 6.54 Å². The molecule has 7 rings (SSSR count). The largest absolute Gasteiger partial charge is 0.355 e. The Balaban J connectivity index is -0.000000223. The molecule has 0 bridgehead atoms. The van der Waals surface area contributed by atoms with Crippen molar-refractivity contribution in [3.8, 4) is 161 Å². The first kappa shape index (κ1) is 51.6. The monoisotopic (exact) mass is 955 g/mol. The number of piperidine rings is 1. The van der Waals surface area contributed by atoms with E-state index in [9.17, 15) is 5.26 Å². The number of amidine groups is 1. The van der Waals surface area contributed by atoms with Crippen LogP contribution < -0.4 is 21.4 Å². The number of aliphatic imine (C=N–C) groups is 1. The number of terminal acetylenes is 1. The van der Waals surface area contributed by atoms with Gasteiger partial charge in [0.15, 0.2) is 5.84 Å². The summed E-state index contributed by atoms with van der Waals surface area (Å²) in [4.78, 5) is 23.9. The molecule has 5 N–H and O–H groups in total. The first-order valence-corrected chi connectivity index (χ1v) is 21.3. The highest BCUT2D eigenvalue weighted by atomic mass is 15.6. The Morgan fingerprint density at radius 2 is 1.32 bits per heavy atom. The number of aromatic nitrogens is 3. The van der Waals surface area contributed by atoms with Crippen LogP contribution in [-0.2, 0) is 19.4 Å². The van der Waals surface area contributed by atoms with Gasteiger partial charge in [-0.3, -0.25) is 9.98 Å². The fraction of sp³-hybridized carbons (Fsp3) is 0.218. The summed E-state index contributed by atoms with van der Waals surface area (Å²) in [5.74, 6) is 68.2. The predicted molar refractivity (Wildman–Crippen MR) is 293 cm³/mol. The van der Waals surface area contributed by atoms with Crippen molar-refractivity contribution in [2.45, 2.75) is 51.6 Å². The molecule has 2 aromatic heterocycles. The van der Waals surface area contributed by atoms with E-state index in [4.69, 9.17) is 32.6 Å². The zero-order chi connectivity index (χ0) is 50.9. The normalized spacial score (nSPS) is 13.7. The van der Waals surface area contributed by atoms with Gasteiger partial charge in [0.25, 0.3) is 0 Å². The van der Waals surface area contributed by atoms with Gasteiger partial charge in [-0.15, -0.1) is 6.42 Å². The third-order valence-corrected chi connectivity index (χ3v) is 10.4. The van der Waals surface area contributed by atoms with E-state index >= 15 is 0 Å². The summed E-state index contributed by atoms with van der Waals surface area (Å²) in [5.41, 5.74) is 20.0. The number of anilines is 2. The fourth-order valence-electron chi connectivity index (χ4n) is 7.43. The van der Waals surface area contributed by atoms with Crippen LogP contribution in [0.1, 0.15) is 81.7 Å². The van der Waals surface area contributed by atoms with E-state index in [-0.39, 0.29) is 27.1 Å². The van der Waals surface area contributed by atoms with Crippen molar-refractivity contribution in [2.75, 3.05) is 29.4 Å². The molecule has 1 spiro atoms. The molecule has 17 heteroatoms. The first-order valence-electron chi connectivity index (χ1n) is 21.3. The van der Waals surface area contributed by atoms with Crippen LogP contribution in [0.25, 0.3) is 0 Å². The Kier molecular flexibility index (Phi) is 21.0. The van der Waals surface area contributed by atoms with Gasteiger partial charge in [-0.25, -0.2) is 9.97 Å². The molecular formula is C55H57N17. The fourth-order valence-corrected chi connectivity index (χ4v) is 7.43. The molecule has 1 atom stereocenters. The van der Waals surface area contributed by atoms with Crippen molar-refractivity contribution >= 4 is 17.3 Å². The van der Waals surface area contributed by atoms with Crippen molar-refractivity contribution < 1.29 is 15.7 Å². The summed E-state index contributed by atoms with van der Waals surface area (Å²) in [5, 5.41) is 29.0. The highest BCUT2D eigenvalue weighted by molar-refractivity contribution is 6.11. The minimum Gasteiger partial charge on any atom is -0.355 e. The van der Waals surface area contributed by atoms with Crippen LogP contribution in [-0.4, -0.2) is 40.4 Å². The predicted octanol–water partition coefficient (Wildman–Crippen LogP) is 7.68. The molecule has 1 aliphatic carbocycles. The summed E-state index contributed by atoms with van der Waals surface area (Å²) < 4.78 is 0. The van der Waals surface area contributed by atoms with Gasteiger partial charge in [0, 0.05) is 94.9 Å². The van der Waals surface area contributed by atoms with Crippen LogP contribution in [0.3, 0.4) is 0 Å². The van der Waals surface area contributed by atoms with Crippen molar-refractivity contribution in [1.29, 1.82) is 10.8 Å². The minimum atomic E-state index is -0.0214. The van der Waals surface area contributed by atoms with E-state index in [1.165, 1.54) is 0 Å². The molecule has 0 unspecified atom stereocenters. The summed E-state index contributed by atoms with van der Waals surface area (Å²) in [6.45, 7) is 4.95. The molecule has 3 aliphatic heterocycles. The van der Waals surface area contributed by atoms with Gasteiger partial charge in [-0.05, 0) is 200 Å². The van der Waals surface area contributed by atoms with Crippen molar-refractivity contribution in [3.05, 3.63) is 76.5 Å². The van der Waals surface area contributed by atoms with Crippen LogP contribution in [0.4, 0.5) is 11.5 Å². The lowest BCUT2D eigenvalue weighted by atomic mass is 9.73. The maximum absolute atomic E-state index is 9.56. The first-order chi connectivity index (χ1) is 35.5. The highest BCUT2D eigenvalue weighted by Gasteiger charge is 2.47. The van der Waals surface area contributed by atoms with Crippen molar-refractivity contribution in [1.82, 2.24) is 15.0 Å². The Labute approximate surface area is 434 Å². The molecular weight excluding hydrogens is 899 g/mol. The van der Waals surface area contributed by atoms with Crippen molar-refractivity contribution in [2.24, 2.45) is 58.5 Å². The SMILES string of the molecule is C#CC#CC#CC#CC#CC#CC#CC#CC#CC#CC#CC#CC#CC.N#Cc1cccc2c1CC1(CCN(c3cnc4c(n3)CN=C4N3CCCc4ncccc43)CC1)[C@H]2N.N=N/N=N/N=N/N=N/N.[HH].[HH].[HH].[HH].[HH].[HH].[HH].[HH].[HH].[HH].[HH]. The number of aryl methyl sites for hydroxylation is 1. The molecule has 362 valence electrons. The second-order valence-electron chi connectivity index (χ2n) is 14.3. The van der Waals surface area contributed by atoms with Gasteiger partial charge in [0.2, 0.25) is 0 Å². The van der Waals surface area contributed by atoms with E-state index in [2.05, 4.69) is 223 Å². The molecule has 5 heterocycles. The number of pyridine rings is 1. The highest BCUT2D eigenvalue weighted by Crippen LogP contribution is 2.51. The van der Waals surface area contributed by atoms with Gasteiger partial charge in [-0.2, -0.15) is 10.8 Å². The van der Waals surface area contributed by atoms with Gasteiger partial charge < -0.3 is 21.4 Å². The average Bonchev–Trinajstić information content (AvgIpc) is 3.96. The quantitative estimate of drug-likeness (QED) is 0.101. The number of rotatable bonds is 4. The zero-order valence-electron chi connectivity index (χ0n) is 38.5. The smallest absolute Gasteiger partial charge is 0.156 e. The van der Waals surface area contributed by atoms with Crippen LogP contribution in [0, 0.1) is 177 Å². The van der Waals surface area contributed by atoms with E-state index < -0.39 is 0 Å². The number of hydrogen-bond acceptors (Lipinski definition) is 10. The molecule has 72 heavy (non-hydrogen) atoms. The Hall–Kier alpha value is -11.3. The standard InChI is InChI=1S/C28H28N8.C27H4.H3N9.11H2/c29-15-18-4-1-5-19-20(18)14-28(26(19)30)8-12-35(13-9-28)24-17-32-25-22(34-24)16-33-27(25)36-11-3-6-21-23(36)7-2-10-31-21;1-3-5-7-9-11-13-15-17-19-21-23-25-27-26-24-22-20-18-16-14-12-10-8-6-4-2;1-3-5-7-9-8-6-4-2;;;;;;;;;;;/h1-2,4-5,7,10,17,26H,3,6,8-9,11-14,16,30H2;1H,2H3;(H3,1,2,5,6,9);11*1H/t26-;;;;;;;;;;;;;/m0............./s1. The number of hydrogen-bond donors (Lipinski definition) is 3. The number of nitrogens with one attached hydrogen (secondary N) is 1. The third kappa shape index (κ3) is 15.4. The van der Waals surface area contributed by atoms with Gasteiger partial charge >= 0.3 is 0 Å². The number of nitrogens with zero attached hydrogens (tertiary/aromatic N) is 14. The van der Waals surface area contributed by atoms with Crippen LogP contribution in [0.15, 0.2) is 84.3 Å². The number of nitrogens with two attached hydrogens (primary N) is 2. The average molecular weight is 956 g/mol. The lowest BCUT2D eigenvalue weighted by Gasteiger charge is -2.42. The zero-order valence-corrected chi connectivity index (χ0v) is 38.5. The molecule has 0 saturated carbocycles. The Morgan fingerprint density at radius 1 is 0.736 bits per heavy atom.